The van der Waals surface area contributed by atoms with E-state index in [1.165, 1.54) is 12.8 Å². The lowest BCUT2D eigenvalue weighted by molar-refractivity contribution is -0.125. The second-order valence-corrected chi connectivity index (χ2v) is 8.23. The molecule has 3 amide bonds. The third-order valence-corrected chi connectivity index (χ3v) is 6.57. The Bertz CT molecular complexity index is 836. The Labute approximate surface area is 162 Å². The van der Waals surface area contributed by atoms with Crippen LogP contribution >= 0.6 is 11.3 Å². The average molecular weight is 382 g/mol. The Morgan fingerprint density at radius 1 is 1.07 bits per heavy atom. The monoisotopic (exact) mass is 382 g/mol. The normalized spacial score (nSPS) is 19.2. The number of carbonyl (C=O) groups excluding carboxylic acids is 3. The number of rotatable bonds is 5. The molecule has 0 spiro atoms. The van der Waals surface area contributed by atoms with Gasteiger partial charge in [-0.05, 0) is 49.3 Å². The van der Waals surface area contributed by atoms with Gasteiger partial charge in [0.2, 0.25) is 5.91 Å². The Balaban J connectivity index is 1.54. The van der Waals surface area contributed by atoms with E-state index in [4.69, 9.17) is 0 Å². The smallest absolute Gasteiger partial charge is 0.262 e. The van der Waals surface area contributed by atoms with Gasteiger partial charge in [0.1, 0.15) is 6.04 Å². The molecule has 0 saturated heterocycles. The molecule has 1 aromatic heterocycles. The quantitative estimate of drug-likeness (QED) is 0.801. The summed E-state index contributed by atoms with van der Waals surface area (Å²) < 4.78 is 0. The molecule has 0 unspecified atom stereocenters. The molecule has 1 N–H and O–H groups in total. The molecule has 27 heavy (non-hydrogen) atoms. The molecule has 1 aliphatic carbocycles. The maximum Gasteiger partial charge on any atom is 0.262 e. The summed E-state index contributed by atoms with van der Waals surface area (Å²) in [5.41, 5.74) is 0.737. The largest absolute Gasteiger partial charge is 0.346 e. The molecule has 1 aliphatic heterocycles. The lowest BCUT2D eigenvalue weighted by Gasteiger charge is -2.28. The molecule has 1 fully saturated rings. The minimum Gasteiger partial charge on any atom is -0.346 e. The fourth-order valence-electron chi connectivity index (χ4n) is 4.13. The fraction of sp³-hybridized carbons (Fsp3) is 0.381. The van der Waals surface area contributed by atoms with E-state index in [9.17, 15) is 14.4 Å². The first-order valence-electron chi connectivity index (χ1n) is 9.38. The lowest BCUT2D eigenvalue weighted by atomic mass is 9.96. The summed E-state index contributed by atoms with van der Waals surface area (Å²) in [5.74, 6) is -0.671. The van der Waals surface area contributed by atoms with Crippen LogP contribution in [0.1, 0.15) is 64.2 Å². The van der Waals surface area contributed by atoms with Crippen LogP contribution in [0.25, 0.3) is 0 Å². The Morgan fingerprint density at radius 3 is 2.26 bits per heavy atom. The zero-order valence-electron chi connectivity index (χ0n) is 15.2. The predicted molar refractivity (Wildman–Crippen MR) is 104 cm³/mol. The number of fused-ring (bicyclic) bond motifs is 1. The molecule has 2 aliphatic rings. The fourth-order valence-corrected chi connectivity index (χ4v) is 5.00. The highest BCUT2D eigenvalue weighted by atomic mass is 32.1. The minimum atomic E-state index is -0.846. The number of amides is 3. The number of carbonyl (C=O) groups is 3. The molecule has 4 rings (SSSR count). The van der Waals surface area contributed by atoms with Crippen LogP contribution in [0, 0.1) is 5.92 Å². The number of benzene rings is 1. The highest BCUT2D eigenvalue weighted by molar-refractivity contribution is 7.10. The van der Waals surface area contributed by atoms with E-state index in [2.05, 4.69) is 5.32 Å². The summed E-state index contributed by atoms with van der Waals surface area (Å²) in [6, 6.07) is 9.85. The number of hydrogen-bond acceptors (Lipinski definition) is 4. The second kappa shape index (κ2) is 7.27. The van der Waals surface area contributed by atoms with Crippen LogP contribution in [0.4, 0.5) is 0 Å². The maximum absolute atomic E-state index is 13.0. The van der Waals surface area contributed by atoms with Gasteiger partial charge in [0.15, 0.2) is 0 Å². The first-order chi connectivity index (χ1) is 13.1. The van der Waals surface area contributed by atoms with Crippen LogP contribution in [0.15, 0.2) is 41.8 Å². The Morgan fingerprint density at radius 2 is 1.70 bits per heavy atom. The Kier molecular flexibility index (Phi) is 4.83. The van der Waals surface area contributed by atoms with Crippen molar-refractivity contribution in [3.8, 4) is 0 Å². The molecule has 140 valence electrons. The van der Waals surface area contributed by atoms with Crippen LogP contribution in [-0.2, 0) is 4.79 Å². The van der Waals surface area contributed by atoms with Crippen molar-refractivity contribution in [2.24, 2.45) is 5.92 Å². The van der Waals surface area contributed by atoms with E-state index in [0.29, 0.717) is 17.0 Å². The standard InChI is InChI=1S/C21H22N2O3S/c1-13(23-20(25)15-9-4-5-10-16(15)21(23)26)19(24)22-18(14-7-2-3-8-14)17-11-6-12-27-17/h4-6,9-14,18H,2-3,7-8H2,1H3,(H,22,24)/t13-,18-/m0/s1. The van der Waals surface area contributed by atoms with Gasteiger partial charge in [-0.2, -0.15) is 0 Å². The zero-order valence-corrected chi connectivity index (χ0v) is 16.0. The first-order valence-corrected chi connectivity index (χ1v) is 10.3. The van der Waals surface area contributed by atoms with Crippen molar-refractivity contribution in [1.29, 1.82) is 0 Å². The summed E-state index contributed by atoms with van der Waals surface area (Å²) in [6.45, 7) is 1.62. The molecule has 2 atom stereocenters. The van der Waals surface area contributed by atoms with E-state index < -0.39 is 17.9 Å². The van der Waals surface area contributed by atoms with Gasteiger partial charge >= 0.3 is 0 Å². The summed E-state index contributed by atoms with van der Waals surface area (Å²) in [4.78, 5) is 40.5. The van der Waals surface area contributed by atoms with Crippen LogP contribution in [-0.4, -0.2) is 28.7 Å². The van der Waals surface area contributed by atoms with Gasteiger partial charge < -0.3 is 5.32 Å². The molecular formula is C21H22N2O3S. The summed E-state index contributed by atoms with van der Waals surface area (Å²) in [6.07, 6.45) is 4.53. The van der Waals surface area contributed by atoms with Crippen LogP contribution in [0.2, 0.25) is 0 Å². The minimum absolute atomic E-state index is 0.0577. The van der Waals surface area contributed by atoms with E-state index in [1.807, 2.05) is 17.5 Å². The van der Waals surface area contributed by atoms with Gasteiger partial charge in [0.25, 0.3) is 11.8 Å². The van der Waals surface area contributed by atoms with Gasteiger partial charge in [0.05, 0.1) is 17.2 Å². The van der Waals surface area contributed by atoms with Crippen molar-refractivity contribution in [2.45, 2.75) is 44.7 Å². The number of nitrogens with one attached hydrogen (secondary N) is 1. The molecule has 1 saturated carbocycles. The average Bonchev–Trinajstić information content (AvgIpc) is 3.42. The third kappa shape index (κ3) is 3.18. The van der Waals surface area contributed by atoms with Gasteiger partial charge in [-0.1, -0.05) is 31.0 Å². The van der Waals surface area contributed by atoms with Crippen molar-refractivity contribution in [1.82, 2.24) is 10.2 Å². The summed E-state index contributed by atoms with van der Waals surface area (Å²) in [7, 11) is 0. The van der Waals surface area contributed by atoms with Gasteiger partial charge in [-0.15, -0.1) is 11.3 Å². The van der Waals surface area contributed by atoms with Crippen molar-refractivity contribution < 1.29 is 14.4 Å². The first kappa shape index (κ1) is 17.9. The molecule has 2 heterocycles. The second-order valence-electron chi connectivity index (χ2n) is 7.25. The van der Waals surface area contributed by atoms with Crippen molar-refractivity contribution in [3.63, 3.8) is 0 Å². The van der Waals surface area contributed by atoms with Gasteiger partial charge in [-0.25, -0.2) is 0 Å². The highest BCUT2D eigenvalue weighted by Crippen LogP contribution is 2.37. The highest BCUT2D eigenvalue weighted by Gasteiger charge is 2.41. The SMILES string of the molecule is C[C@@H](C(=O)N[C@H](c1cccs1)C1CCCC1)N1C(=O)c2ccccc2C1=O. The van der Waals surface area contributed by atoms with Crippen LogP contribution < -0.4 is 5.32 Å². The van der Waals surface area contributed by atoms with Gasteiger partial charge in [0, 0.05) is 4.88 Å². The number of imide groups is 1. The molecule has 1 aromatic carbocycles. The topological polar surface area (TPSA) is 66.5 Å². The maximum atomic E-state index is 13.0. The zero-order chi connectivity index (χ0) is 19.0. The number of nitrogens with zero attached hydrogens (tertiary/aromatic N) is 1. The van der Waals surface area contributed by atoms with E-state index in [1.54, 1.807) is 42.5 Å². The van der Waals surface area contributed by atoms with Crippen molar-refractivity contribution >= 4 is 29.1 Å². The van der Waals surface area contributed by atoms with E-state index in [-0.39, 0.29) is 11.9 Å². The van der Waals surface area contributed by atoms with E-state index >= 15 is 0 Å². The molecular weight excluding hydrogens is 360 g/mol. The molecule has 5 nitrogen and oxygen atoms in total. The summed E-state index contributed by atoms with van der Waals surface area (Å²) in [5, 5.41) is 5.14. The lowest BCUT2D eigenvalue weighted by Crippen LogP contribution is -2.49. The molecule has 0 radical (unpaired) electrons. The Hall–Kier alpha value is -2.47. The predicted octanol–water partition coefficient (Wildman–Crippen LogP) is 3.78. The number of hydrogen-bond donors (Lipinski definition) is 1. The van der Waals surface area contributed by atoms with Crippen molar-refractivity contribution in [2.75, 3.05) is 0 Å². The van der Waals surface area contributed by atoms with Gasteiger partial charge in [-0.3, -0.25) is 19.3 Å². The number of thiophene rings is 1. The molecule has 2 aromatic rings. The molecule has 6 heteroatoms. The van der Waals surface area contributed by atoms with E-state index in [0.717, 1.165) is 22.6 Å². The van der Waals surface area contributed by atoms with Crippen LogP contribution in [0.3, 0.4) is 0 Å². The molecule has 0 bridgehead atoms. The third-order valence-electron chi connectivity index (χ3n) is 5.61. The van der Waals surface area contributed by atoms with Crippen molar-refractivity contribution in [3.05, 3.63) is 57.8 Å². The van der Waals surface area contributed by atoms with Crippen LogP contribution in [0.5, 0.6) is 0 Å². The summed E-state index contributed by atoms with van der Waals surface area (Å²) >= 11 is 1.63.